The first-order valence-electron chi connectivity index (χ1n) is 9.54. The van der Waals surface area contributed by atoms with Gasteiger partial charge in [0.05, 0.1) is 12.1 Å². The SMILES string of the molecule is CC1CCC2(C(=O)N([C@H](c3nnco3)[C@@H](C)O)C2C)N1Cc1ccccc1. The van der Waals surface area contributed by atoms with Crippen LogP contribution in [0.5, 0.6) is 0 Å². The van der Waals surface area contributed by atoms with Crippen LogP contribution < -0.4 is 0 Å². The predicted octanol–water partition coefficient (Wildman–Crippen LogP) is 2.15. The number of aliphatic hydroxyl groups excluding tert-OH is 1. The fourth-order valence-electron chi connectivity index (χ4n) is 4.85. The van der Waals surface area contributed by atoms with Gasteiger partial charge in [-0.15, -0.1) is 10.2 Å². The topological polar surface area (TPSA) is 82.7 Å². The molecule has 1 aromatic carbocycles. The number of aromatic nitrogens is 2. The maximum absolute atomic E-state index is 13.5. The molecule has 3 unspecified atom stereocenters. The Morgan fingerprint density at radius 1 is 1.33 bits per heavy atom. The summed E-state index contributed by atoms with van der Waals surface area (Å²) in [5.74, 6) is 0.320. The summed E-state index contributed by atoms with van der Waals surface area (Å²) in [6, 6.07) is 9.92. The lowest BCUT2D eigenvalue weighted by Crippen LogP contribution is -2.78. The van der Waals surface area contributed by atoms with Gasteiger partial charge in [-0.25, -0.2) is 0 Å². The van der Waals surface area contributed by atoms with Gasteiger partial charge in [-0.2, -0.15) is 0 Å². The highest BCUT2D eigenvalue weighted by Gasteiger charge is 2.66. The minimum Gasteiger partial charge on any atom is -0.426 e. The number of hydrogen-bond donors (Lipinski definition) is 1. The molecule has 0 radical (unpaired) electrons. The van der Waals surface area contributed by atoms with Crippen molar-refractivity contribution in [2.75, 3.05) is 0 Å². The number of nitrogens with zero attached hydrogens (tertiary/aromatic N) is 4. The molecule has 7 heteroatoms. The van der Waals surface area contributed by atoms with Gasteiger partial charge in [-0.1, -0.05) is 30.3 Å². The third-order valence-electron chi connectivity index (χ3n) is 6.28. The maximum Gasteiger partial charge on any atom is 0.246 e. The normalized spacial score (nSPS) is 30.5. The average molecular weight is 370 g/mol. The molecule has 1 aromatic heterocycles. The lowest BCUT2D eigenvalue weighted by molar-refractivity contribution is -0.186. The summed E-state index contributed by atoms with van der Waals surface area (Å²) < 4.78 is 5.32. The van der Waals surface area contributed by atoms with E-state index in [1.54, 1.807) is 11.8 Å². The number of amides is 1. The molecule has 1 N–H and O–H groups in total. The van der Waals surface area contributed by atoms with Crippen molar-refractivity contribution in [2.45, 2.75) is 69.9 Å². The van der Waals surface area contributed by atoms with Crippen molar-refractivity contribution in [1.82, 2.24) is 20.0 Å². The fraction of sp³-hybridized carbons (Fsp3) is 0.550. The van der Waals surface area contributed by atoms with Crippen LogP contribution in [-0.4, -0.2) is 54.7 Å². The van der Waals surface area contributed by atoms with E-state index in [1.807, 2.05) is 18.2 Å². The van der Waals surface area contributed by atoms with Crippen LogP contribution in [0.4, 0.5) is 0 Å². The lowest BCUT2D eigenvalue weighted by atomic mass is 9.75. The van der Waals surface area contributed by atoms with Crippen molar-refractivity contribution < 1.29 is 14.3 Å². The van der Waals surface area contributed by atoms with Gasteiger partial charge in [0.15, 0.2) is 0 Å². The van der Waals surface area contributed by atoms with Crippen LogP contribution in [0.1, 0.15) is 51.1 Å². The van der Waals surface area contributed by atoms with Gasteiger partial charge in [0.2, 0.25) is 18.2 Å². The number of carbonyl (C=O) groups excluding carboxylic acids is 1. The molecular weight excluding hydrogens is 344 g/mol. The molecule has 1 amide bonds. The monoisotopic (exact) mass is 370 g/mol. The first-order valence-corrected chi connectivity index (χ1v) is 9.54. The summed E-state index contributed by atoms with van der Waals surface area (Å²) in [5.41, 5.74) is 0.677. The summed E-state index contributed by atoms with van der Waals surface area (Å²) in [6.45, 7) is 6.64. The average Bonchev–Trinajstić information content (AvgIpc) is 3.30. The Kier molecular flexibility index (Phi) is 4.52. The predicted molar refractivity (Wildman–Crippen MR) is 98.4 cm³/mol. The van der Waals surface area contributed by atoms with Crippen LogP contribution in [0.25, 0.3) is 0 Å². The molecule has 5 atom stereocenters. The third-order valence-corrected chi connectivity index (χ3v) is 6.28. The van der Waals surface area contributed by atoms with Gasteiger partial charge >= 0.3 is 0 Å². The summed E-state index contributed by atoms with van der Waals surface area (Å²) in [4.78, 5) is 17.5. The molecule has 0 bridgehead atoms. The number of aliphatic hydroxyl groups is 1. The van der Waals surface area contributed by atoms with Gasteiger partial charge < -0.3 is 14.4 Å². The molecule has 0 saturated carbocycles. The minimum atomic E-state index is -0.796. The molecule has 2 aliphatic rings. The number of carbonyl (C=O) groups is 1. The van der Waals surface area contributed by atoms with Crippen LogP contribution in [-0.2, 0) is 11.3 Å². The van der Waals surface area contributed by atoms with E-state index in [4.69, 9.17) is 4.42 Å². The zero-order valence-electron chi connectivity index (χ0n) is 15.9. The van der Waals surface area contributed by atoms with Crippen molar-refractivity contribution in [3.05, 3.63) is 48.2 Å². The van der Waals surface area contributed by atoms with E-state index in [9.17, 15) is 9.90 Å². The van der Waals surface area contributed by atoms with E-state index in [0.717, 1.165) is 19.4 Å². The fourth-order valence-corrected chi connectivity index (χ4v) is 4.85. The molecular formula is C20H26N4O3. The summed E-state index contributed by atoms with van der Waals surface area (Å²) in [5, 5.41) is 18.0. The molecule has 3 heterocycles. The van der Waals surface area contributed by atoms with E-state index < -0.39 is 17.7 Å². The number of rotatable bonds is 5. The van der Waals surface area contributed by atoms with Crippen molar-refractivity contribution in [2.24, 2.45) is 0 Å². The Morgan fingerprint density at radius 3 is 2.67 bits per heavy atom. The number of benzene rings is 1. The second kappa shape index (κ2) is 6.73. The van der Waals surface area contributed by atoms with Gasteiger partial charge in [-0.05, 0) is 39.2 Å². The first kappa shape index (κ1) is 18.1. The molecule has 2 saturated heterocycles. The Balaban J connectivity index is 1.63. The van der Waals surface area contributed by atoms with E-state index in [2.05, 4.69) is 41.1 Å². The zero-order valence-corrected chi connectivity index (χ0v) is 15.9. The molecule has 144 valence electrons. The summed E-state index contributed by atoms with van der Waals surface area (Å²) in [6.07, 6.45) is 2.25. The van der Waals surface area contributed by atoms with Crippen molar-refractivity contribution in [3.63, 3.8) is 0 Å². The second-order valence-corrected chi connectivity index (χ2v) is 7.78. The third kappa shape index (κ3) is 2.68. The number of β-lactam (4-membered cyclic amide) rings is 1. The standard InChI is InChI=1S/C20H26N4O3/c1-13-9-10-20(23(13)11-16-7-5-4-6-8-16)15(3)24(19(20)26)17(14(2)25)18-22-21-12-27-18/h4-8,12-15,17,25H,9-11H2,1-3H3/t13?,14-,15?,17+,20?/m1/s1. The Labute approximate surface area is 159 Å². The van der Waals surface area contributed by atoms with Crippen LogP contribution in [0.2, 0.25) is 0 Å². The molecule has 1 spiro atoms. The molecule has 2 fully saturated rings. The summed E-state index contributed by atoms with van der Waals surface area (Å²) in [7, 11) is 0. The van der Waals surface area contributed by atoms with E-state index in [-0.39, 0.29) is 17.8 Å². The van der Waals surface area contributed by atoms with Crippen molar-refractivity contribution in [1.29, 1.82) is 0 Å². The van der Waals surface area contributed by atoms with Gasteiger partial charge in [0.25, 0.3) is 0 Å². The highest BCUT2D eigenvalue weighted by atomic mass is 16.4. The molecule has 27 heavy (non-hydrogen) atoms. The lowest BCUT2D eigenvalue weighted by Gasteiger charge is -2.59. The van der Waals surface area contributed by atoms with Crippen molar-refractivity contribution >= 4 is 5.91 Å². The molecule has 7 nitrogen and oxygen atoms in total. The quantitative estimate of drug-likeness (QED) is 0.812. The molecule has 2 aliphatic heterocycles. The Hall–Kier alpha value is -2.25. The van der Waals surface area contributed by atoms with Crippen molar-refractivity contribution in [3.8, 4) is 0 Å². The smallest absolute Gasteiger partial charge is 0.246 e. The number of likely N-dealkylation sites (tertiary alicyclic amines) is 2. The van der Waals surface area contributed by atoms with Gasteiger partial charge in [0, 0.05) is 12.6 Å². The maximum atomic E-state index is 13.5. The highest BCUT2D eigenvalue weighted by molar-refractivity contribution is 5.95. The van der Waals surface area contributed by atoms with Gasteiger partial charge in [-0.3, -0.25) is 9.69 Å². The largest absolute Gasteiger partial charge is 0.426 e. The van der Waals surface area contributed by atoms with Crippen LogP contribution in [0.3, 0.4) is 0 Å². The zero-order chi connectivity index (χ0) is 19.2. The van der Waals surface area contributed by atoms with E-state index >= 15 is 0 Å². The second-order valence-electron chi connectivity index (χ2n) is 7.78. The van der Waals surface area contributed by atoms with Crippen LogP contribution in [0.15, 0.2) is 41.1 Å². The Bertz CT molecular complexity index is 795. The summed E-state index contributed by atoms with van der Waals surface area (Å²) >= 11 is 0. The van der Waals surface area contributed by atoms with Crippen LogP contribution in [0, 0.1) is 0 Å². The van der Waals surface area contributed by atoms with E-state index in [0.29, 0.717) is 6.04 Å². The van der Waals surface area contributed by atoms with Gasteiger partial charge in [0.1, 0.15) is 11.6 Å². The highest BCUT2D eigenvalue weighted by Crippen LogP contribution is 2.50. The van der Waals surface area contributed by atoms with E-state index in [1.165, 1.54) is 12.0 Å². The van der Waals surface area contributed by atoms with Crippen LogP contribution >= 0.6 is 0 Å². The minimum absolute atomic E-state index is 0.0411. The first-order chi connectivity index (χ1) is 13.0. The number of hydrogen-bond acceptors (Lipinski definition) is 6. The molecule has 2 aromatic rings. The Morgan fingerprint density at radius 2 is 2.07 bits per heavy atom. The molecule has 4 rings (SSSR count). The molecule has 0 aliphatic carbocycles.